The third-order valence-corrected chi connectivity index (χ3v) is 2.67. The van der Waals surface area contributed by atoms with Gasteiger partial charge in [0.25, 0.3) is 0 Å². The first-order valence-electron chi connectivity index (χ1n) is 5.06. The van der Waals surface area contributed by atoms with Crippen molar-refractivity contribution in [1.29, 1.82) is 0 Å². The Labute approximate surface area is 81.8 Å². The van der Waals surface area contributed by atoms with Crippen molar-refractivity contribution in [2.75, 3.05) is 31.3 Å². The summed E-state index contributed by atoms with van der Waals surface area (Å²) in [6.07, 6.45) is 2.45. The third kappa shape index (κ3) is 1.35. The van der Waals surface area contributed by atoms with Crippen molar-refractivity contribution < 1.29 is 4.74 Å². The van der Waals surface area contributed by atoms with Crippen LogP contribution in [0.3, 0.4) is 0 Å². The summed E-state index contributed by atoms with van der Waals surface area (Å²) in [4.78, 5) is 1.86. The lowest BCUT2D eigenvalue weighted by atomic mass is 10.4. The number of ether oxygens (including phenoxy) is 1. The highest BCUT2D eigenvalue weighted by Crippen LogP contribution is 2.38. The van der Waals surface area contributed by atoms with E-state index in [0.717, 1.165) is 32.1 Å². The topological polar surface area (TPSA) is 56.1 Å². The molecule has 0 N–H and O–H groups in total. The molecule has 1 aromatic heterocycles. The molecule has 1 aliphatic carbocycles. The summed E-state index contributed by atoms with van der Waals surface area (Å²) in [5.41, 5.74) is 0. The van der Waals surface area contributed by atoms with Gasteiger partial charge < -0.3 is 4.74 Å². The fraction of sp³-hybridized carbons (Fsp3) is 0.875. The first-order chi connectivity index (χ1) is 6.95. The van der Waals surface area contributed by atoms with Crippen LogP contribution in [-0.4, -0.2) is 46.6 Å². The maximum Gasteiger partial charge on any atom is 0.177 e. The summed E-state index contributed by atoms with van der Waals surface area (Å²) in [6.45, 7) is 3.30. The third-order valence-electron chi connectivity index (χ3n) is 2.67. The molecule has 14 heavy (non-hydrogen) atoms. The molecule has 0 spiro atoms. The minimum absolute atomic E-state index is 0.591. The van der Waals surface area contributed by atoms with E-state index < -0.39 is 0 Å². The van der Waals surface area contributed by atoms with Gasteiger partial charge >= 0.3 is 0 Å². The van der Waals surface area contributed by atoms with Crippen LogP contribution >= 0.6 is 0 Å². The molecular formula is C8H13N5O. The van der Waals surface area contributed by atoms with Crippen LogP contribution in [0.25, 0.3) is 0 Å². The zero-order valence-corrected chi connectivity index (χ0v) is 7.96. The number of aromatic nitrogens is 4. The van der Waals surface area contributed by atoms with E-state index in [1.54, 1.807) is 0 Å². The van der Waals surface area contributed by atoms with E-state index >= 15 is 0 Å². The molecule has 2 heterocycles. The van der Waals surface area contributed by atoms with Crippen molar-refractivity contribution in [3.8, 4) is 0 Å². The fourth-order valence-electron chi connectivity index (χ4n) is 1.72. The number of tetrazole rings is 1. The van der Waals surface area contributed by atoms with Crippen LogP contribution in [0.4, 0.5) is 0 Å². The summed E-state index contributed by atoms with van der Waals surface area (Å²) < 4.78 is 5.29. The zero-order valence-electron chi connectivity index (χ0n) is 7.96. The molecule has 1 saturated carbocycles. The molecule has 0 unspecified atom stereocenters. The molecule has 1 aliphatic heterocycles. The second-order valence-electron chi connectivity index (χ2n) is 3.77. The standard InChI is InChI=1S/C8H13N5O/c1-2-7(1)8-9-10-11-13(8)12-3-5-14-6-4-12/h7H,1-6H2. The van der Waals surface area contributed by atoms with E-state index in [0.29, 0.717) is 5.92 Å². The number of hydrogen-bond acceptors (Lipinski definition) is 5. The van der Waals surface area contributed by atoms with Crippen LogP contribution in [0.5, 0.6) is 0 Å². The Morgan fingerprint density at radius 2 is 2.00 bits per heavy atom. The van der Waals surface area contributed by atoms with Gasteiger partial charge in [0.15, 0.2) is 5.82 Å². The van der Waals surface area contributed by atoms with E-state index in [4.69, 9.17) is 4.74 Å². The molecule has 0 bridgehead atoms. The van der Waals surface area contributed by atoms with Crippen molar-refractivity contribution in [1.82, 2.24) is 20.3 Å². The highest BCUT2D eigenvalue weighted by Gasteiger charge is 2.31. The lowest BCUT2D eigenvalue weighted by Crippen LogP contribution is -2.45. The molecule has 76 valence electrons. The maximum atomic E-state index is 5.29. The van der Waals surface area contributed by atoms with Gasteiger partial charge in [-0.2, -0.15) is 0 Å². The maximum absolute atomic E-state index is 5.29. The average molecular weight is 195 g/mol. The minimum atomic E-state index is 0.591. The van der Waals surface area contributed by atoms with Crippen LogP contribution in [0.2, 0.25) is 0 Å². The highest BCUT2D eigenvalue weighted by atomic mass is 16.5. The van der Waals surface area contributed by atoms with E-state index in [-0.39, 0.29) is 0 Å². The van der Waals surface area contributed by atoms with Crippen LogP contribution in [0, 0.1) is 0 Å². The van der Waals surface area contributed by atoms with Crippen molar-refractivity contribution in [2.45, 2.75) is 18.8 Å². The molecule has 6 nitrogen and oxygen atoms in total. The van der Waals surface area contributed by atoms with Gasteiger partial charge in [0, 0.05) is 5.92 Å². The highest BCUT2D eigenvalue weighted by molar-refractivity contribution is 5.05. The molecule has 2 fully saturated rings. The molecule has 0 aromatic carbocycles. The van der Waals surface area contributed by atoms with E-state index in [9.17, 15) is 0 Å². The van der Waals surface area contributed by atoms with E-state index in [1.807, 2.05) is 4.79 Å². The zero-order chi connectivity index (χ0) is 9.38. The summed E-state index contributed by atoms with van der Waals surface area (Å²) in [6, 6.07) is 0. The first-order valence-corrected chi connectivity index (χ1v) is 5.06. The van der Waals surface area contributed by atoms with Gasteiger partial charge in [-0.25, -0.2) is 0 Å². The molecule has 0 amide bonds. The molecule has 0 atom stereocenters. The monoisotopic (exact) mass is 195 g/mol. The number of hydrogen-bond donors (Lipinski definition) is 0. The Bertz CT molecular complexity index is 315. The lowest BCUT2D eigenvalue weighted by molar-refractivity contribution is 0.108. The predicted octanol–water partition coefficient (Wildman–Crippen LogP) is -0.481. The minimum Gasteiger partial charge on any atom is -0.378 e. The van der Waals surface area contributed by atoms with Gasteiger partial charge in [-0.15, -0.1) is 9.89 Å². The van der Waals surface area contributed by atoms with Crippen molar-refractivity contribution in [3.05, 3.63) is 5.82 Å². The summed E-state index contributed by atoms with van der Waals surface area (Å²) in [5, 5.41) is 14.0. The Hall–Kier alpha value is -1.17. The lowest BCUT2D eigenvalue weighted by Gasteiger charge is -2.28. The normalized spacial score (nSPS) is 22.7. The van der Waals surface area contributed by atoms with Gasteiger partial charge in [0.05, 0.1) is 26.3 Å². The Kier molecular flexibility index (Phi) is 1.86. The number of rotatable bonds is 2. The second kappa shape index (κ2) is 3.20. The summed E-state index contributed by atoms with van der Waals surface area (Å²) >= 11 is 0. The summed E-state index contributed by atoms with van der Waals surface area (Å²) in [7, 11) is 0. The van der Waals surface area contributed by atoms with Crippen molar-refractivity contribution >= 4 is 0 Å². The van der Waals surface area contributed by atoms with Gasteiger partial charge in [0.2, 0.25) is 0 Å². The molecule has 0 radical (unpaired) electrons. The Balaban J connectivity index is 1.82. The predicted molar refractivity (Wildman–Crippen MR) is 48.6 cm³/mol. The van der Waals surface area contributed by atoms with Crippen LogP contribution in [-0.2, 0) is 4.74 Å². The largest absolute Gasteiger partial charge is 0.378 e. The molecule has 6 heteroatoms. The molecular weight excluding hydrogens is 182 g/mol. The molecule has 2 aliphatic rings. The van der Waals surface area contributed by atoms with Gasteiger partial charge in [-0.1, -0.05) is 0 Å². The number of nitrogens with zero attached hydrogens (tertiary/aromatic N) is 5. The second-order valence-corrected chi connectivity index (χ2v) is 3.77. The van der Waals surface area contributed by atoms with Crippen LogP contribution in [0.15, 0.2) is 0 Å². The molecule has 1 aromatic rings. The smallest absolute Gasteiger partial charge is 0.177 e. The van der Waals surface area contributed by atoms with Crippen LogP contribution in [0.1, 0.15) is 24.6 Å². The Morgan fingerprint density at radius 3 is 2.71 bits per heavy atom. The van der Waals surface area contributed by atoms with Crippen molar-refractivity contribution in [2.24, 2.45) is 0 Å². The average Bonchev–Trinajstić information content (AvgIpc) is 2.98. The SMILES string of the molecule is C1CN(n2nnnc2C2CC2)CCO1. The first kappa shape index (κ1) is 8.16. The number of morpholine rings is 1. The Morgan fingerprint density at radius 1 is 1.21 bits per heavy atom. The van der Waals surface area contributed by atoms with Gasteiger partial charge in [0.1, 0.15) is 0 Å². The van der Waals surface area contributed by atoms with Gasteiger partial charge in [-0.3, -0.25) is 5.01 Å². The van der Waals surface area contributed by atoms with E-state index in [1.165, 1.54) is 12.8 Å². The quantitative estimate of drug-likeness (QED) is 0.638. The van der Waals surface area contributed by atoms with E-state index in [2.05, 4.69) is 20.5 Å². The van der Waals surface area contributed by atoms with Crippen molar-refractivity contribution in [3.63, 3.8) is 0 Å². The van der Waals surface area contributed by atoms with Crippen LogP contribution < -0.4 is 5.01 Å². The molecule has 1 saturated heterocycles. The molecule has 3 rings (SSSR count). The summed E-state index contributed by atoms with van der Waals surface area (Å²) in [5.74, 6) is 1.61. The van der Waals surface area contributed by atoms with Gasteiger partial charge in [-0.05, 0) is 23.3 Å². The fourth-order valence-corrected chi connectivity index (χ4v) is 1.72.